The molecule has 3 aromatic carbocycles. The van der Waals surface area contributed by atoms with Crippen LogP contribution >= 0.6 is 46.4 Å². The first kappa shape index (κ1) is 20.9. The molecule has 0 heterocycles. The van der Waals surface area contributed by atoms with E-state index in [4.69, 9.17) is 51.1 Å². The molecule has 3 nitrogen and oxygen atoms in total. The number of rotatable bonds is 6. The maximum atomic E-state index is 13.2. The maximum absolute atomic E-state index is 13.2. The van der Waals surface area contributed by atoms with Gasteiger partial charge >= 0.3 is 0 Å². The van der Waals surface area contributed by atoms with E-state index >= 15 is 0 Å². The third-order valence-electron chi connectivity index (χ3n) is 3.92. The van der Waals surface area contributed by atoms with Crippen LogP contribution in [0.2, 0.25) is 20.1 Å². The molecule has 0 atom stereocenters. The summed E-state index contributed by atoms with van der Waals surface area (Å²) < 4.78 is 19.0. The first-order chi connectivity index (χ1) is 13.3. The van der Waals surface area contributed by atoms with E-state index in [1.165, 1.54) is 12.1 Å². The molecule has 0 saturated carbocycles. The second kappa shape index (κ2) is 9.10. The molecule has 3 aromatic rings. The van der Waals surface area contributed by atoms with E-state index in [9.17, 15) is 9.50 Å². The summed E-state index contributed by atoms with van der Waals surface area (Å²) in [5.74, 6) is 0.0152. The zero-order valence-electron chi connectivity index (χ0n) is 14.3. The molecule has 0 spiro atoms. The molecule has 8 heteroatoms. The summed E-state index contributed by atoms with van der Waals surface area (Å²) in [6.45, 7) is 0.537. The van der Waals surface area contributed by atoms with Crippen molar-refractivity contribution in [3.63, 3.8) is 0 Å². The predicted octanol–water partition coefficient (Wildman–Crippen LogP) is 7.34. The van der Waals surface area contributed by atoms with Gasteiger partial charge in [0, 0.05) is 28.4 Å². The predicted molar refractivity (Wildman–Crippen MR) is 113 cm³/mol. The number of phenolic OH excluding ortho intramolecular Hbond substituents is 1. The Balaban J connectivity index is 1.75. The van der Waals surface area contributed by atoms with Crippen LogP contribution in [0.1, 0.15) is 11.1 Å². The fraction of sp³-hybridized carbons (Fsp3) is 0.100. The number of nitrogens with one attached hydrogen (secondary N) is 1. The van der Waals surface area contributed by atoms with Gasteiger partial charge in [-0.3, -0.25) is 0 Å². The van der Waals surface area contributed by atoms with Gasteiger partial charge in [0.1, 0.15) is 18.2 Å². The summed E-state index contributed by atoms with van der Waals surface area (Å²) in [7, 11) is 0. The van der Waals surface area contributed by atoms with Crippen LogP contribution in [0.3, 0.4) is 0 Å². The monoisotopic (exact) mass is 459 g/mol. The van der Waals surface area contributed by atoms with E-state index in [-0.39, 0.29) is 22.4 Å². The second-order valence-corrected chi connectivity index (χ2v) is 7.58. The van der Waals surface area contributed by atoms with Crippen molar-refractivity contribution in [3.05, 3.63) is 85.6 Å². The Hall–Kier alpha value is -1.85. The molecule has 2 N–H and O–H groups in total. The van der Waals surface area contributed by atoms with E-state index < -0.39 is 5.82 Å². The van der Waals surface area contributed by atoms with Crippen molar-refractivity contribution < 1.29 is 14.2 Å². The van der Waals surface area contributed by atoms with Crippen molar-refractivity contribution in [1.29, 1.82) is 0 Å². The SMILES string of the molecule is Oc1c(Cl)cc(NCc2cc(Cl)ccc2OCc2ccc(F)cc2Cl)cc1Cl. The summed E-state index contributed by atoms with van der Waals surface area (Å²) >= 11 is 24.0. The highest BCUT2D eigenvalue weighted by Gasteiger charge is 2.10. The largest absolute Gasteiger partial charge is 0.505 e. The van der Waals surface area contributed by atoms with Gasteiger partial charge in [-0.05, 0) is 42.5 Å². The van der Waals surface area contributed by atoms with Crippen LogP contribution in [0.25, 0.3) is 0 Å². The molecule has 0 unspecified atom stereocenters. The quantitative estimate of drug-likeness (QED) is 0.378. The van der Waals surface area contributed by atoms with Gasteiger partial charge in [-0.1, -0.05) is 52.5 Å². The number of hydrogen-bond acceptors (Lipinski definition) is 3. The second-order valence-electron chi connectivity index (χ2n) is 5.92. The molecule has 0 aliphatic rings. The molecule has 28 heavy (non-hydrogen) atoms. The van der Waals surface area contributed by atoms with E-state index in [1.54, 1.807) is 36.4 Å². The van der Waals surface area contributed by atoms with E-state index in [2.05, 4.69) is 5.32 Å². The lowest BCUT2D eigenvalue weighted by molar-refractivity contribution is 0.303. The molecule has 0 radical (unpaired) electrons. The Labute approximate surface area is 181 Å². The standard InChI is InChI=1S/C20H14Cl4FNO2/c21-13-2-4-19(28-10-11-1-3-14(25)6-16(11)22)12(5-13)9-26-15-7-17(23)20(27)18(24)8-15/h1-8,26-27H,9-10H2. The summed E-state index contributed by atoms with van der Waals surface area (Å²) in [6, 6.07) is 12.5. The number of halogens is 5. The smallest absolute Gasteiger partial charge is 0.152 e. The third-order valence-corrected chi connectivity index (χ3v) is 5.08. The molecule has 146 valence electrons. The van der Waals surface area contributed by atoms with Gasteiger partial charge in [0.2, 0.25) is 0 Å². The van der Waals surface area contributed by atoms with Crippen molar-refractivity contribution >= 4 is 52.1 Å². The summed E-state index contributed by atoms with van der Waals surface area (Å²) in [6.07, 6.45) is 0. The molecule has 0 saturated heterocycles. The van der Waals surface area contributed by atoms with Crippen LogP contribution in [0, 0.1) is 5.82 Å². The Kier molecular flexibility index (Phi) is 6.78. The third kappa shape index (κ3) is 5.15. The van der Waals surface area contributed by atoms with Crippen molar-refractivity contribution in [3.8, 4) is 11.5 Å². The van der Waals surface area contributed by atoms with Gasteiger partial charge in [0.25, 0.3) is 0 Å². The Morgan fingerprint density at radius 3 is 2.25 bits per heavy atom. The minimum atomic E-state index is -0.406. The highest BCUT2D eigenvalue weighted by atomic mass is 35.5. The summed E-state index contributed by atoms with van der Waals surface area (Å²) in [5.41, 5.74) is 2.07. The number of anilines is 1. The van der Waals surface area contributed by atoms with Crippen molar-refractivity contribution in [2.45, 2.75) is 13.2 Å². The topological polar surface area (TPSA) is 41.5 Å². The van der Waals surface area contributed by atoms with Crippen LogP contribution in [0.4, 0.5) is 10.1 Å². The fourth-order valence-electron chi connectivity index (χ4n) is 2.49. The van der Waals surface area contributed by atoms with Gasteiger partial charge in [-0.25, -0.2) is 4.39 Å². The Bertz CT molecular complexity index is 990. The first-order valence-electron chi connectivity index (χ1n) is 8.10. The van der Waals surface area contributed by atoms with Crippen LogP contribution in [0.5, 0.6) is 11.5 Å². The Morgan fingerprint density at radius 1 is 0.857 bits per heavy atom. The maximum Gasteiger partial charge on any atom is 0.152 e. The lowest BCUT2D eigenvalue weighted by Gasteiger charge is -2.15. The minimum Gasteiger partial charge on any atom is -0.505 e. The van der Waals surface area contributed by atoms with E-state index in [0.29, 0.717) is 33.6 Å². The molecule has 0 amide bonds. The van der Waals surface area contributed by atoms with Crippen LogP contribution in [-0.4, -0.2) is 5.11 Å². The van der Waals surface area contributed by atoms with Crippen LogP contribution in [-0.2, 0) is 13.2 Å². The number of hydrogen-bond donors (Lipinski definition) is 2. The summed E-state index contributed by atoms with van der Waals surface area (Å²) in [4.78, 5) is 0. The average molecular weight is 461 g/mol. The minimum absolute atomic E-state index is 0.142. The molecule has 0 aromatic heterocycles. The van der Waals surface area contributed by atoms with Gasteiger partial charge in [0.05, 0.1) is 15.1 Å². The van der Waals surface area contributed by atoms with Crippen molar-refractivity contribution in [2.75, 3.05) is 5.32 Å². The lowest BCUT2D eigenvalue weighted by Crippen LogP contribution is -2.04. The number of ether oxygens (including phenoxy) is 1. The van der Waals surface area contributed by atoms with E-state index in [1.807, 2.05) is 0 Å². The molecular weight excluding hydrogens is 447 g/mol. The molecular formula is C20H14Cl4FNO2. The van der Waals surface area contributed by atoms with Crippen LogP contribution in [0.15, 0.2) is 48.5 Å². The summed E-state index contributed by atoms with van der Waals surface area (Å²) in [5, 5.41) is 13.9. The number of benzene rings is 3. The van der Waals surface area contributed by atoms with Gasteiger partial charge < -0.3 is 15.2 Å². The average Bonchev–Trinajstić information content (AvgIpc) is 2.64. The van der Waals surface area contributed by atoms with Crippen molar-refractivity contribution in [1.82, 2.24) is 0 Å². The van der Waals surface area contributed by atoms with Gasteiger partial charge in [-0.2, -0.15) is 0 Å². The molecule has 0 fully saturated rings. The van der Waals surface area contributed by atoms with E-state index in [0.717, 1.165) is 5.56 Å². The first-order valence-corrected chi connectivity index (χ1v) is 9.61. The highest BCUT2D eigenvalue weighted by Crippen LogP contribution is 2.35. The van der Waals surface area contributed by atoms with Crippen molar-refractivity contribution in [2.24, 2.45) is 0 Å². The lowest BCUT2D eigenvalue weighted by atomic mass is 10.2. The molecule has 0 aliphatic carbocycles. The highest BCUT2D eigenvalue weighted by molar-refractivity contribution is 6.37. The molecule has 3 rings (SSSR count). The van der Waals surface area contributed by atoms with Crippen LogP contribution < -0.4 is 10.1 Å². The Morgan fingerprint density at radius 2 is 1.57 bits per heavy atom. The van der Waals surface area contributed by atoms with Gasteiger partial charge in [-0.15, -0.1) is 0 Å². The normalized spacial score (nSPS) is 10.8. The number of phenols is 1. The van der Waals surface area contributed by atoms with Gasteiger partial charge in [0.15, 0.2) is 5.75 Å². The number of aromatic hydroxyl groups is 1. The molecule has 0 bridgehead atoms. The zero-order valence-corrected chi connectivity index (χ0v) is 17.3. The molecule has 0 aliphatic heterocycles. The fourth-order valence-corrected chi connectivity index (χ4v) is 3.39. The zero-order chi connectivity index (χ0) is 20.3.